The topological polar surface area (TPSA) is 68.8 Å². The SMILES string of the molecule is COc1ccc(C2Nc3ccccc3NC3=C2C(=O)CC(c2ccc(OCC(C)C)cc2)C3)c(OC)c1. The molecule has 1 heterocycles. The van der Waals surface area contributed by atoms with Crippen LogP contribution in [0.3, 0.4) is 0 Å². The van der Waals surface area contributed by atoms with Crippen molar-refractivity contribution in [2.24, 2.45) is 5.92 Å². The van der Waals surface area contributed by atoms with Gasteiger partial charge in [0.1, 0.15) is 17.2 Å². The van der Waals surface area contributed by atoms with E-state index in [1.54, 1.807) is 14.2 Å². The summed E-state index contributed by atoms with van der Waals surface area (Å²) >= 11 is 0. The molecule has 2 unspecified atom stereocenters. The first-order valence-corrected chi connectivity index (χ1v) is 12.8. The maximum absolute atomic E-state index is 13.8. The number of para-hydroxylation sites is 2. The zero-order chi connectivity index (χ0) is 25.9. The summed E-state index contributed by atoms with van der Waals surface area (Å²) < 4.78 is 17.0. The number of hydrogen-bond donors (Lipinski definition) is 2. The molecule has 0 spiro atoms. The minimum absolute atomic E-state index is 0.0848. The van der Waals surface area contributed by atoms with Gasteiger partial charge in [-0.1, -0.05) is 38.1 Å². The fraction of sp³-hybridized carbons (Fsp3) is 0.323. The van der Waals surface area contributed by atoms with Crippen molar-refractivity contribution in [3.8, 4) is 17.2 Å². The molecule has 6 heteroatoms. The Kier molecular flexibility index (Phi) is 7.08. The molecule has 0 fully saturated rings. The number of ether oxygens (including phenoxy) is 3. The number of methoxy groups -OCH3 is 2. The van der Waals surface area contributed by atoms with Gasteiger partial charge in [-0.15, -0.1) is 0 Å². The summed E-state index contributed by atoms with van der Waals surface area (Å²) in [5.41, 5.74) is 5.64. The number of ketones is 1. The molecule has 192 valence electrons. The average Bonchev–Trinajstić information content (AvgIpc) is 3.08. The van der Waals surface area contributed by atoms with Crippen LogP contribution in [0.4, 0.5) is 11.4 Å². The van der Waals surface area contributed by atoms with Gasteiger partial charge in [-0.05, 0) is 60.2 Å². The fourth-order valence-corrected chi connectivity index (χ4v) is 5.12. The van der Waals surface area contributed by atoms with E-state index in [9.17, 15) is 4.79 Å². The van der Waals surface area contributed by atoms with Crippen LogP contribution in [-0.2, 0) is 4.79 Å². The molecular formula is C31H34N2O4. The van der Waals surface area contributed by atoms with Gasteiger partial charge in [-0.3, -0.25) is 4.79 Å². The first kappa shape index (κ1) is 24.8. The van der Waals surface area contributed by atoms with Gasteiger partial charge < -0.3 is 24.8 Å². The highest BCUT2D eigenvalue weighted by atomic mass is 16.5. The lowest BCUT2D eigenvalue weighted by Crippen LogP contribution is -2.27. The lowest BCUT2D eigenvalue weighted by Gasteiger charge is -2.30. The first-order valence-electron chi connectivity index (χ1n) is 12.8. The summed E-state index contributed by atoms with van der Waals surface area (Å²) in [5, 5.41) is 7.23. The normalized spacial score (nSPS) is 18.8. The Morgan fingerprint density at radius 2 is 1.62 bits per heavy atom. The van der Waals surface area contributed by atoms with E-state index in [0.717, 1.165) is 45.9 Å². The zero-order valence-electron chi connectivity index (χ0n) is 21.8. The number of anilines is 2. The number of Topliss-reactive ketones (excluding diaryl/α,β-unsaturated/α-hetero) is 1. The third-order valence-electron chi connectivity index (χ3n) is 7.00. The highest BCUT2D eigenvalue weighted by Crippen LogP contribution is 2.46. The van der Waals surface area contributed by atoms with Crippen molar-refractivity contribution in [3.05, 3.63) is 89.1 Å². The summed E-state index contributed by atoms with van der Waals surface area (Å²) in [7, 11) is 3.27. The summed E-state index contributed by atoms with van der Waals surface area (Å²) in [4.78, 5) is 13.8. The van der Waals surface area contributed by atoms with Crippen molar-refractivity contribution in [1.82, 2.24) is 0 Å². The Balaban J connectivity index is 1.52. The highest BCUT2D eigenvalue weighted by Gasteiger charge is 2.37. The monoisotopic (exact) mass is 498 g/mol. The Labute approximate surface area is 218 Å². The highest BCUT2D eigenvalue weighted by molar-refractivity contribution is 6.01. The largest absolute Gasteiger partial charge is 0.497 e. The molecule has 2 N–H and O–H groups in total. The van der Waals surface area contributed by atoms with Gasteiger partial charge in [0.05, 0.1) is 38.2 Å². The van der Waals surface area contributed by atoms with Crippen LogP contribution >= 0.6 is 0 Å². The smallest absolute Gasteiger partial charge is 0.163 e. The Morgan fingerprint density at radius 3 is 2.32 bits per heavy atom. The van der Waals surface area contributed by atoms with Crippen LogP contribution in [0.15, 0.2) is 78.0 Å². The maximum Gasteiger partial charge on any atom is 0.163 e. The number of hydrogen-bond acceptors (Lipinski definition) is 6. The minimum atomic E-state index is -0.354. The number of benzene rings is 3. The lowest BCUT2D eigenvalue weighted by atomic mass is 9.78. The summed E-state index contributed by atoms with van der Waals surface area (Å²) in [6.45, 7) is 4.95. The van der Waals surface area contributed by atoms with Gasteiger partial charge in [0, 0.05) is 29.3 Å². The Bertz CT molecular complexity index is 1310. The lowest BCUT2D eigenvalue weighted by molar-refractivity contribution is -0.116. The molecule has 0 saturated heterocycles. The molecule has 3 aromatic carbocycles. The summed E-state index contributed by atoms with van der Waals surface area (Å²) in [6.07, 6.45) is 1.18. The van der Waals surface area contributed by atoms with E-state index in [2.05, 4.69) is 36.6 Å². The van der Waals surface area contributed by atoms with Crippen LogP contribution in [0.2, 0.25) is 0 Å². The van der Waals surface area contributed by atoms with Crippen LogP contribution < -0.4 is 24.8 Å². The molecule has 37 heavy (non-hydrogen) atoms. The number of allylic oxidation sites excluding steroid dienone is 1. The predicted molar refractivity (Wildman–Crippen MR) is 147 cm³/mol. The Morgan fingerprint density at radius 1 is 0.892 bits per heavy atom. The second-order valence-electron chi connectivity index (χ2n) is 10.1. The van der Waals surface area contributed by atoms with Crippen molar-refractivity contribution in [3.63, 3.8) is 0 Å². The van der Waals surface area contributed by atoms with Crippen molar-refractivity contribution < 1.29 is 19.0 Å². The van der Waals surface area contributed by atoms with E-state index >= 15 is 0 Å². The quantitative estimate of drug-likeness (QED) is 0.377. The van der Waals surface area contributed by atoms with E-state index in [4.69, 9.17) is 14.2 Å². The van der Waals surface area contributed by atoms with E-state index in [1.165, 1.54) is 0 Å². The molecule has 2 aliphatic rings. The van der Waals surface area contributed by atoms with Gasteiger partial charge in [0.15, 0.2) is 5.78 Å². The molecular weight excluding hydrogens is 464 g/mol. The Hall–Kier alpha value is -3.93. The molecule has 5 rings (SSSR count). The summed E-state index contributed by atoms with van der Waals surface area (Å²) in [6, 6.07) is 21.6. The van der Waals surface area contributed by atoms with E-state index in [-0.39, 0.29) is 17.7 Å². The zero-order valence-corrected chi connectivity index (χ0v) is 21.8. The molecule has 3 aromatic rings. The second-order valence-corrected chi connectivity index (χ2v) is 10.1. The van der Waals surface area contributed by atoms with Gasteiger partial charge in [-0.25, -0.2) is 0 Å². The standard InChI is InChI=1S/C31H34N2O4/c1-19(2)18-37-22-11-9-20(10-12-22)21-15-27-30(28(34)16-21)31(33-26-8-6-5-7-25(26)32-27)24-14-13-23(35-3)17-29(24)36-4/h5-14,17,19,21,31-33H,15-16,18H2,1-4H3. The molecule has 6 nitrogen and oxygen atoms in total. The molecule has 0 amide bonds. The van der Waals surface area contributed by atoms with Crippen molar-refractivity contribution in [2.45, 2.75) is 38.6 Å². The van der Waals surface area contributed by atoms with Crippen LogP contribution in [0.5, 0.6) is 17.2 Å². The van der Waals surface area contributed by atoms with Crippen molar-refractivity contribution >= 4 is 17.2 Å². The molecule has 0 aromatic heterocycles. The molecule has 0 bridgehead atoms. The van der Waals surface area contributed by atoms with E-state index in [1.807, 2.05) is 54.6 Å². The number of carbonyl (C=O) groups excluding carboxylic acids is 1. The third-order valence-corrected chi connectivity index (χ3v) is 7.00. The van der Waals surface area contributed by atoms with Crippen LogP contribution in [0.1, 0.15) is 49.8 Å². The molecule has 1 aliphatic heterocycles. The maximum atomic E-state index is 13.8. The molecule has 1 aliphatic carbocycles. The average molecular weight is 499 g/mol. The molecule has 0 radical (unpaired) electrons. The number of carbonyl (C=O) groups is 1. The first-order chi connectivity index (χ1) is 18.0. The van der Waals surface area contributed by atoms with Crippen LogP contribution in [0, 0.1) is 5.92 Å². The van der Waals surface area contributed by atoms with Gasteiger partial charge in [0.25, 0.3) is 0 Å². The predicted octanol–water partition coefficient (Wildman–Crippen LogP) is 6.72. The van der Waals surface area contributed by atoms with Crippen LogP contribution in [0.25, 0.3) is 0 Å². The number of nitrogens with one attached hydrogen (secondary N) is 2. The van der Waals surface area contributed by atoms with Gasteiger partial charge in [-0.2, -0.15) is 0 Å². The van der Waals surface area contributed by atoms with E-state index in [0.29, 0.717) is 30.4 Å². The fourth-order valence-electron chi connectivity index (χ4n) is 5.12. The van der Waals surface area contributed by atoms with Gasteiger partial charge >= 0.3 is 0 Å². The number of fused-ring (bicyclic) bond motifs is 1. The minimum Gasteiger partial charge on any atom is -0.497 e. The number of rotatable bonds is 7. The molecule has 2 atom stereocenters. The van der Waals surface area contributed by atoms with Crippen molar-refractivity contribution in [2.75, 3.05) is 31.5 Å². The second kappa shape index (κ2) is 10.6. The van der Waals surface area contributed by atoms with Gasteiger partial charge in [0.2, 0.25) is 0 Å². The van der Waals surface area contributed by atoms with E-state index < -0.39 is 0 Å². The van der Waals surface area contributed by atoms with Crippen LogP contribution in [-0.4, -0.2) is 26.6 Å². The van der Waals surface area contributed by atoms with Crippen molar-refractivity contribution in [1.29, 1.82) is 0 Å². The summed E-state index contributed by atoms with van der Waals surface area (Å²) in [5.74, 6) is 2.92. The third kappa shape index (κ3) is 5.15. The molecule has 0 saturated carbocycles.